The normalized spacial score (nSPS) is 13.8. The van der Waals surface area contributed by atoms with Crippen LogP contribution >= 0.6 is 0 Å². The fraction of sp³-hybridized carbons (Fsp3) is 0.407. The molecule has 1 fully saturated rings. The predicted octanol–water partition coefficient (Wildman–Crippen LogP) is 2.95. The average molecular weight is 492 g/mol. The minimum Gasteiger partial charge on any atom is -0.497 e. The minimum atomic E-state index is -0.334. The van der Waals surface area contributed by atoms with Gasteiger partial charge >= 0.3 is 0 Å². The number of nitrogens with one attached hydrogen (secondary N) is 2. The molecule has 0 unspecified atom stereocenters. The Morgan fingerprint density at radius 2 is 1.86 bits per heavy atom. The summed E-state index contributed by atoms with van der Waals surface area (Å²) in [6, 6.07) is 15.0. The highest BCUT2D eigenvalue weighted by molar-refractivity contribution is 5.76. The summed E-state index contributed by atoms with van der Waals surface area (Å²) in [6.07, 6.45) is 4.20. The number of likely N-dealkylation sites (tertiary alicyclic amines) is 1. The Kier molecular flexibility index (Phi) is 9.04. The number of nitrogens with zero attached hydrogens (tertiary/aromatic N) is 3. The van der Waals surface area contributed by atoms with Crippen molar-refractivity contribution >= 4 is 5.91 Å². The van der Waals surface area contributed by atoms with E-state index < -0.39 is 0 Å². The summed E-state index contributed by atoms with van der Waals surface area (Å²) in [6.45, 7) is 4.11. The molecule has 3 aromatic rings. The van der Waals surface area contributed by atoms with Gasteiger partial charge in [0.2, 0.25) is 5.91 Å². The SMILES string of the molecule is COc1cccc(COc2ccc(-c3nnc(CCC(=O)NCCN4CCCCC4)c(=O)[nH]3)cc2)c1. The Bertz CT molecular complexity index is 1190. The molecule has 2 heterocycles. The summed E-state index contributed by atoms with van der Waals surface area (Å²) < 4.78 is 11.1. The number of aromatic nitrogens is 3. The van der Waals surface area contributed by atoms with Gasteiger partial charge in [-0.1, -0.05) is 18.6 Å². The molecule has 0 aliphatic carbocycles. The Balaban J connectivity index is 1.25. The first-order valence-electron chi connectivity index (χ1n) is 12.4. The number of methoxy groups -OCH3 is 1. The lowest BCUT2D eigenvalue weighted by Gasteiger charge is -2.26. The molecule has 36 heavy (non-hydrogen) atoms. The van der Waals surface area contributed by atoms with Crippen molar-refractivity contribution in [2.24, 2.45) is 0 Å². The maximum absolute atomic E-state index is 12.5. The molecule has 2 N–H and O–H groups in total. The van der Waals surface area contributed by atoms with Gasteiger partial charge < -0.3 is 24.7 Å². The lowest BCUT2D eigenvalue weighted by atomic mass is 10.1. The van der Waals surface area contributed by atoms with E-state index in [4.69, 9.17) is 9.47 Å². The van der Waals surface area contributed by atoms with Crippen molar-refractivity contribution in [3.8, 4) is 22.9 Å². The minimum absolute atomic E-state index is 0.0816. The molecule has 1 aliphatic rings. The second-order valence-electron chi connectivity index (χ2n) is 8.87. The Morgan fingerprint density at radius 3 is 2.61 bits per heavy atom. The van der Waals surface area contributed by atoms with E-state index in [2.05, 4.69) is 25.4 Å². The third-order valence-corrected chi connectivity index (χ3v) is 6.22. The van der Waals surface area contributed by atoms with E-state index >= 15 is 0 Å². The lowest BCUT2D eigenvalue weighted by Crippen LogP contribution is -2.37. The van der Waals surface area contributed by atoms with Crippen LogP contribution in [0.1, 0.15) is 36.9 Å². The van der Waals surface area contributed by atoms with Gasteiger partial charge in [0.15, 0.2) is 5.82 Å². The van der Waals surface area contributed by atoms with Gasteiger partial charge in [0.05, 0.1) is 7.11 Å². The fourth-order valence-electron chi connectivity index (χ4n) is 4.15. The molecule has 1 aliphatic heterocycles. The summed E-state index contributed by atoms with van der Waals surface area (Å²) in [7, 11) is 1.63. The molecule has 2 aromatic carbocycles. The first kappa shape index (κ1) is 25.4. The van der Waals surface area contributed by atoms with Crippen LogP contribution < -0.4 is 20.3 Å². The van der Waals surface area contributed by atoms with Crippen molar-refractivity contribution in [3.63, 3.8) is 0 Å². The molecule has 1 aromatic heterocycles. The summed E-state index contributed by atoms with van der Waals surface area (Å²) >= 11 is 0. The molecule has 0 spiro atoms. The zero-order chi connectivity index (χ0) is 25.2. The number of hydrogen-bond donors (Lipinski definition) is 2. The van der Waals surface area contributed by atoms with Gasteiger partial charge in [-0.25, -0.2) is 0 Å². The van der Waals surface area contributed by atoms with Crippen molar-refractivity contribution in [1.82, 2.24) is 25.4 Å². The topological polar surface area (TPSA) is 109 Å². The van der Waals surface area contributed by atoms with Gasteiger partial charge in [-0.05, 0) is 67.9 Å². The summed E-state index contributed by atoms with van der Waals surface area (Å²) in [4.78, 5) is 29.8. The van der Waals surface area contributed by atoms with Crippen LogP contribution in [0.5, 0.6) is 11.5 Å². The van der Waals surface area contributed by atoms with E-state index in [9.17, 15) is 9.59 Å². The van der Waals surface area contributed by atoms with Crippen molar-refractivity contribution in [3.05, 3.63) is 70.1 Å². The van der Waals surface area contributed by atoms with Crippen molar-refractivity contribution in [1.29, 1.82) is 0 Å². The Morgan fingerprint density at radius 1 is 1.06 bits per heavy atom. The monoisotopic (exact) mass is 491 g/mol. The third kappa shape index (κ3) is 7.39. The van der Waals surface area contributed by atoms with Crippen LogP contribution in [0.15, 0.2) is 53.3 Å². The lowest BCUT2D eigenvalue weighted by molar-refractivity contribution is -0.121. The molecular formula is C27H33N5O4. The summed E-state index contributed by atoms with van der Waals surface area (Å²) in [5.41, 5.74) is 1.64. The smallest absolute Gasteiger partial charge is 0.273 e. The molecule has 0 atom stereocenters. The number of rotatable bonds is 11. The van der Waals surface area contributed by atoms with E-state index in [1.807, 2.05) is 48.5 Å². The van der Waals surface area contributed by atoms with E-state index in [-0.39, 0.29) is 30.0 Å². The number of piperidine rings is 1. The zero-order valence-corrected chi connectivity index (χ0v) is 20.7. The molecule has 9 heteroatoms. The number of aryl methyl sites for hydroxylation is 1. The van der Waals surface area contributed by atoms with Crippen LogP contribution in [-0.2, 0) is 17.8 Å². The Labute approximate surface area is 210 Å². The molecule has 1 saturated heterocycles. The number of H-pyrrole nitrogens is 1. The van der Waals surface area contributed by atoms with Gasteiger partial charge in [0.1, 0.15) is 23.8 Å². The van der Waals surface area contributed by atoms with Gasteiger partial charge in [0, 0.05) is 31.5 Å². The second-order valence-corrected chi connectivity index (χ2v) is 8.87. The quantitative estimate of drug-likeness (QED) is 0.424. The van der Waals surface area contributed by atoms with Crippen LogP contribution in [-0.4, -0.2) is 59.3 Å². The highest BCUT2D eigenvalue weighted by Gasteiger charge is 2.12. The Hall–Kier alpha value is -3.72. The van der Waals surface area contributed by atoms with Crippen molar-refractivity contribution < 1.29 is 14.3 Å². The van der Waals surface area contributed by atoms with Crippen LogP contribution in [0, 0.1) is 0 Å². The largest absolute Gasteiger partial charge is 0.497 e. The zero-order valence-electron chi connectivity index (χ0n) is 20.7. The van der Waals surface area contributed by atoms with Crippen LogP contribution in [0.4, 0.5) is 0 Å². The number of carbonyl (C=O) groups is 1. The standard InChI is InChI=1S/C27H33N5O4/c1-35-23-7-5-6-20(18-23)19-36-22-10-8-21(9-11-22)26-29-27(34)24(30-31-26)12-13-25(33)28-14-17-32-15-3-2-4-16-32/h5-11,18H,2-4,12-17,19H2,1H3,(H,28,33)(H,29,31,34). The predicted molar refractivity (Wildman–Crippen MR) is 137 cm³/mol. The van der Waals surface area contributed by atoms with Crippen molar-refractivity contribution in [2.75, 3.05) is 33.3 Å². The number of hydrogen-bond acceptors (Lipinski definition) is 7. The van der Waals surface area contributed by atoms with Gasteiger partial charge in [-0.2, -0.15) is 0 Å². The number of amides is 1. The van der Waals surface area contributed by atoms with Gasteiger partial charge in [-0.3, -0.25) is 9.59 Å². The molecule has 1 amide bonds. The van der Waals surface area contributed by atoms with E-state index in [1.165, 1.54) is 19.3 Å². The number of ether oxygens (including phenoxy) is 2. The van der Waals surface area contributed by atoms with E-state index in [0.717, 1.165) is 36.5 Å². The summed E-state index contributed by atoms with van der Waals surface area (Å²) in [5.74, 6) is 1.77. The molecule has 0 saturated carbocycles. The first-order chi connectivity index (χ1) is 17.6. The first-order valence-corrected chi connectivity index (χ1v) is 12.4. The molecule has 9 nitrogen and oxygen atoms in total. The van der Waals surface area contributed by atoms with E-state index in [1.54, 1.807) is 7.11 Å². The van der Waals surface area contributed by atoms with Gasteiger partial charge in [-0.15, -0.1) is 10.2 Å². The maximum atomic E-state index is 12.5. The van der Waals surface area contributed by atoms with Crippen LogP contribution in [0.3, 0.4) is 0 Å². The van der Waals surface area contributed by atoms with Crippen LogP contribution in [0.2, 0.25) is 0 Å². The molecule has 4 rings (SSSR count). The van der Waals surface area contributed by atoms with E-state index in [0.29, 0.717) is 24.7 Å². The fourth-order valence-corrected chi connectivity index (χ4v) is 4.15. The van der Waals surface area contributed by atoms with Crippen molar-refractivity contribution in [2.45, 2.75) is 38.7 Å². The second kappa shape index (κ2) is 12.8. The molecule has 0 radical (unpaired) electrons. The highest BCUT2D eigenvalue weighted by atomic mass is 16.5. The summed E-state index contributed by atoms with van der Waals surface area (Å²) in [5, 5.41) is 11.2. The number of benzene rings is 2. The molecular weight excluding hydrogens is 458 g/mol. The molecule has 0 bridgehead atoms. The number of aromatic amines is 1. The maximum Gasteiger partial charge on any atom is 0.273 e. The van der Waals surface area contributed by atoms with Crippen LogP contribution in [0.25, 0.3) is 11.4 Å². The third-order valence-electron chi connectivity index (χ3n) is 6.22. The van der Waals surface area contributed by atoms with Gasteiger partial charge in [0.25, 0.3) is 5.56 Å². The average Bonchev–Trinajstić information content (AvgIpc) is 2.92. The molecule has 190 valence electrons. The number of carbonyl (C=O) groups excluding carboxylic acids is 1. The highest BCUT2D eigenvalue weighted by Crippen LogP contribution is 2.20.